The summed E-state index contributed by atoms with van der Waals surface area (Å²) in [5.74, 6) is 0.332. The molecule has 256 valence electrons. The van der Waals surface area contributed by atoms with Crippen molar-refractivity contribution in [3.8, 4) is 0 Å². The lowest BCUT2D eigenvalue weighted by atomic mass is 9.71. The van der Waals surface area contributed by atoms with Gasteiger partial charge in [-0.2, -0.15) is 0 Å². The molecule has 2 heterocycles. The van der Waals surface area contributed by atoms with Crippen LogP contribution >= 0.6 is 24.2 Å². The molecule has 3 aromatic rings. The van der Waals surface area contributed by atoms with Crippen LogP contribution in [0.5, 0.6) is 0 Å². The number of aryl methyl sites for hydroxylation is 3. The molecule has 2 fully saturated rings. The van der Waals surface area contributed by atoms with E-state index in [1.54, 1.807) is 25.7 Å². The molecule has 7 nitrogen and oxygen atoms in total. The zero-order valence-corrected chi connectivity index (χ0v) is 29.7. The lowest BCUT2D eigenvalue weighted by Crippen LogP contribution is -2.59. The van der Waals surface area contributed by atoms with Gasteiger partial charge in [0.05, 0.1) is 17.5 Å². The van der Waals surface area contributed by atoms with E-state index in [0.717, 1.165) is 57.1 Å². The van der Waals surface area contributed by atoms with Crippen LogP contribution in [0.2, 0.25) is 0 Å². The number of nitrogens with zero attached hydrogens (tertiary/aromatic N) is 1. The van der Waals surface area contributed by atoms with Crippen molar-refractivity contribution in [1.29, 1.82) is 0 Å². The van der Waals surface area contributed by atoms with E-state index in [0.29, 0.717) is 6.42 Å². The van der Waals surface area contributed by atoms with E-state index in [2.05, 4.69) is 82.7 Å². The normalized spacial score (nSPS) is 23.5. The fourth-order valence-electron chi connectivity index (χ4n) is 7.85. The van der Waals surface area contributed by atoms with Gasteiger partial charge in [-0.15, -0.1) is 24.2 Å². The fourth-order valence-corrected chi connectivity index (χ4v) is 9.33. The minimum Gasteiger partial charge on any atom is -0.347 e. The molecule has 2 aliphatic heterocycles. The number of hydrogen-bond donors (Lipinski definition) is 3. The molecule has 3 N–H and O–H groups in total. The lowest BCUT2D eigenvalue weighted by molar-refractivity contribution is -0.144. The van der Waals surface area contributed by atoms with Crippen LogP contribution < -0.4 is 16.0 Å². The third kappa shape index (κ3) is 7.93. The van der Waals surface area contributed by atoms with Crippen LogP contribution in [0.1, 0.15) is 73.7 Å². The SMILES string of the molecule is CN[C@@H](C)C(=O)N[C@H]1CCS[C@H]2CC(CCc3ccccc3)(CCc3ccccc3)C(C(=O)N[C@@H]3CCCc4ccccc43)N2C1=O.Cl. The Hall–Kier alpha value is -3.33. The highest BCUT2D eigenvalue weighted by molar-refractivity contribution is 7.99. The van der Waals surface area contributed by atoms with Gasteiger partial charge in [-0.05, 0) is 99.8 Å². The molecular weight excluding hydrogens is 640 g/mol. The zero-order chi connectivity index (χ0) is 32.8. The highest BCUT2D eigenvalue weighted by Crippen LogP contribution is 2.52. The number of benzene rings is 3. The first-order valence-corrected chi connectivity index (χ1v) is 18.3. The predicted molar refractivity (Wildman–Crippen MR) is 196 cm³/mol. The summed E-state index contributed by atoms with van der Waals surface area (Å²) in [6.45, 7) is 1.79. The molecule has 6 rings (SSSR count). The summed E-state index contributed by atoms with van der Waals surface area (Å²) < 4.78 is 0. The summed E-state index contributed by atoms with van der Waals surface area (Å²) in [6, 6.07) is 27.5. The number of thioether (sulfide) groups is 1. The maximum Gasteiger partial charge on any atom is 0.246 e. The molecule has 48 heavy (non-hydrogen) atoms. The summed E-state index contributed by atoms with van der Waals surface area (Å²) in [5.41, 5.74) is 4.50. The Morgan fingerprint density at radius 3 is 2.15 bits per heavy atom. The largest absolute Gasteiger partial charge is 0.347 e. The number of fused-ring (bicyclic) bond motifs is 2. The molecule has 1 unspecified atom stereocenters. The molecule has 3 aliphatic rings. The van der Waals surface area contributed by atoms with Gasteiger partial charge in [-0.3, -0.25) is 14.4 Å². The maximum absolute atomic E-state index is 14.9. The minimum absolute atomic E-state index is 0. The van der Waals surface area contributed by atoms with E-state index in [9.17, 15) is 14.4 Å². The second-order valence-corrected chi connectivity index (χ2v) is 14.8. The van der Waals surface area contributed by atoms with Crippen LogP contribution in [0, 0.1) is 5.41 Å². The van der Waals surface area contributed by atoms with E-state index in [-0.39, 0.29) is 41.5 Å². The van der Waals surface area contributed by atoms with E-state index >= 15 is 0 Å². The molecule has 3 amide bonds. The van der Waals surface area contributed by atoms with Gasteiger partial charge in [-0.1, -0.05) is 84.9 Å². The van der Waals surface area contributed by atoms with Gasteiger partial charge < -0.3 is 20.9 Å². The van der Waals surface area contributed by atoms with Gasteiger partial charge in [0.1, 0.15) is 12.1 Å². The Morgan fingerprint density at radius 2 is 1.50 bits per heavy atom. The lowest BCUT2D eigenvalue weighted by Gasteiger charge is -2.40. The van der Waals surface area contributed by atoms with Crippen molar-refractivity contribution in [2.24, 2.45) is 5.41 Å². The summed E-state index contributed by atoms with van der Waals surface area (Å²) >= 11 is 1.76. The molecule has 0 aromatic heterocycles. The number of rotatable bonds is 11. The topological polar surface area (TPSA) is 90.5 Å². The molecule has 0 radical (unpaired) electrons. The van der Waals surface area contributed by atoms with E-state index < -0.39 is 23.5 Å². The van der Waals surface area contributed by atoms with E-state index in [4.69, 9.17) is 0 Å². The molecule has 0 bridgehead atoms. The Labute approximate surface area is 295 Å². The Balaban J connectivity index is 0.00000451. The number of nitrogens with one attached hydrogen (secondary N) is 3. The monoisotopic (exact) mass is 688 g/mol. The van der Waals surface area contributed by atoms with Gasteiger partial charge in [0.2, 0.25) is 17.7 Å². The molecule has 1 aliphatic carbocycles. The summed E-state index contributed by atoms with van der Waals surface area (Å²) in [5, 5.41) is 9.37. The average molecular weight is 689 g/mol. The molecule has 0 saturated carbocycles. The molecule has 3 aromatic carbocycles. The van der Waals surface area contributed by atoms with Gasteiger partial charge in [0.25, 0.3) is 0 Å². The Kier molecular flexibility index (Phi) is 12.3. The van der Waals surface area contributed by atoms with Crippen molar-refractivity contribution in [1.82, 2.24) is 20.9 Å². The number of halogens is 1. The second-order valence-electron chi connectivity index (χ2n) is 13.5. The number of hydrogen-bond acceptors (Lipinski definition) is 5. The Bertz CT molecular complexity index is 1500. The first-order chi connectivity index (χ1) is 22.9. The zero-order valence-electron chi connectivity index (χ0n) is 28.0. The molecule has 5 atom stereocenters. The van der Waals surface area contributed by atoms with Gasteiger partial charge in [-0.25, -0.2) is 0 Å². The third-order valence-corrected chi connectivity index (χ3v) is 11.9. The van der Waals surface area contributed by atoms with Crippen molar-refractivity contribution in [2.75, 3.05) is 12.8 Å². The van der Waals surface area contributed by atoms with Crippen LogP contribution in [0.4, 0.5) is 0 Å². The van der Waals surface area contributed by atoms with E-state index in [1.807, 2.05) is 23.1 Å². The molecule has 2 saturated heterocycles. The van der Waals surface area contributed by atoms with Crippen molar-refractivity contribution in [3.63, 3.8) is 0 Å². The first kappa shape index (κ1) is 36.0. The number of carbonyl (C=O) groups excluding carboxylic acids is 3. The summed E-state index contributed by atoms with van der Waals surface area (Å²) in [7, 11) is 1.74. The predicted octanol–water partition coefficient (Wildman–Crippen LogP) is 6.01. The van der Waals surface area contributed by atoms with Crippen molar-refractivity contribution in [3.05, 3.63) is 107 Å². The molecule has 0 spiro atoms. The summed E-state index contributed by atoms with van der Waals surface area (Å²) in [4.78, 5) is 44.5. The van der Waals surface area contributed by atoms with Crippen LogP contribution in [0.3, 0.4) is 0 Å². The summed E-state index contributed by atoms with van der Waals surface area (Å²) in [6.07, 6.45) is 7.42. The quantitative estimate of drug-likeness (QED) is 0.230. The van der Waals surface area contributed by atoms with Crippen LogP contribution in [0.25, 0.3) is 0 Å². The number of amides is 3. The van der Waals surface area contributed by atoms with Gasteiger partial charge >= 0.3 is 0 Å². The third-order valence-electron chi connectivity index (χ3n) is 10.6. The van der Waals surface area contributed by atoms with E-state index in [1.165, 1.54) is 22.3 Å². The molecule has 9 heteroatoms. The highest BCUT2D eigenvalue weighted by Gasteiger charge is 2.58. The molecular formula is C39H49ClN4O3S. The maximum atomic E-state index is 14.9. The van der Waals surface area contributed by atoms with Crippen molar-refractivity contribution < 1.29 is 14.4 Å². The van der Waals surface area contributed by atoms with Crippen molar-refractivity contribution in [2.45, 2.75) is 94.3 Å². The average Bonchev–Trinajstić information content (AvgIpc) is 3.36. The highest BCUT2D eigenvalue weighted by atomic mass is 35.5. The number of carbonyl (C=O) groups is 3. The van der Waals surface area contributed by atoms with Gasteiger partial charge in [0.15, 0.2) is 0 Å². The number of likely N-dealkylation sites (N-methyl/N-ethyl adjacent to an activating group) is 1. The standard InChI is InChI=1S/C39H48N4O3S.ClH/c1-27(40-2)36(44)42-33-22-25-47-34-26-39(23-20-28-12-5-3-6-13-28,24-21-29-14-7-4-8-15-29)35(43(34)38(33)46)37(45)41-32-19-11-17-30-16-9-10-18-31(30)32;/h3-10,12-16,18,27,32-35,40H,11,17,19-26H2,1-2H3,(H,41,45)(H,42,44);1H/t27-,32+,33-,34-,35?;/m0./s1. The smallest absolute Gasteiger partial charge is 0.246 e. The van der Waals surface area contributed by atoms with Crippen LogP contribution in [-0.4, -0.2) is 58.9 Å². The van der Waals surface area contributed by atoms with Crippen LogP contribution in [0.15, 0.2) is 84.9 Å². The fraction of sp³-hybridized carbons (Fsp3) is 0.462. The second kappa shape index (κ2) is 16.4. The Morgan fingerprint density at radius 1 is 0.875 bits per heavy atom. The van der Waals surface area contributed by atoms with Crippen molar-refractivity contribution >= 4 is 41.9 Å². The minimum atomic E-state index is -0.666. The van der Waals surface area contributed by atoms with Crippen LogP contribution in [-0.2, 0) is 33.6 Å². The first-order valence-electron chi connectivity index (χ1n) is 17.3. The van der Waals surface area contributed by atoms with Gasteiger partial charge in [0, 0.05) is 5.41 Å².